The molecule has 3 rings (SSSR count). The van der Waals surface area contributed by atoms with Gasteiger partial charge in [-0.25, -0.2) is 9.18 Å². The molecule has 110 valence electrons. The molecule has 0 spiro atoms. The number of carboxylic acid groups (broad SMARTS) is 1. The largest absolute Gasteiger partial charge is 0.515 e. The molecule has 0 radical (unpaired) electrons. The van der Waals surface area contributed by atoms with Gasteiger partial charge in [-0.05, 0) is 24.3 Å². The minimum Gasteiger partial charge on any atom is -0.515 e. The first-order valence-electron chi connectivity index (χ1n) is 6.64. The molecular formula is C15H15FN2O3. The lowest BCUT2D eigenvalue weighted by Gasteiger charge is -2.15. The van der Waals surface area contributed by atoms with E-state index in [1.807, 2.05) is 0 Å². The van der Waals surface area contributed by atoms with Crippen LogP contribution in [-0.2, 0) is 10.2 Å². The zero-order valence-corrected chi connectivity index (χ0v) is 11.4. The monoisotopic (exact) mass is 290 g/mol. The van der Waals surface area contributed by atoms with Gasteiger partial charge in [0.1, 0.15) is 5.57 Å². The number of aliphatic carboxylic acids is 1. The number of rotatable bonds is 5. The van der Waals surface area contributed by atoms with Crippen molar-refractivity contribution in [3.8, 4) is 0 Å². The van der Waals surface area contributed by atoms with Gasteiger partial charge in [-0.15, -0.1) is 0 Å². The Labute approximate surface area is 120 Å². The summed E-state index contributed by atoms with van der Waals surface area (Å²) >= 11 is 0. The van der Waals surface area contributed by atoms with E-state index in [4.69, 9.17) is 15.6 Å². The molecule has 2 fully saturated rings. The highest BCUT2D eigenvalue weighted by Crippen LogP contribution is 2.76. The van der Waals surface area contributed by atoms with E-state index in [0.29, 0.717) is 17.7 Å². The van der Waals surface area contributed by atoms with Gasteiger partial charge in [0, 0.05) is 18.0 Å². The Bertz CT molecular complexity index is 690. The summed E-state index contributed by atoms with van der Waals surface area (Å²) in [5.74, 6) is -1.28. The number of carbonyl (C=O) groups is 1. The zero-order valence-electron chi connectivity index (χ0n) is 11.4. The number of anilines is 1. The highest BCUT2D eigenvalue weighted by atomic mass is 19.1. The van der Waals surface area contributed by atoms with Crippen LogP contribution in [0.15, 0.2) is 24.0 Å². The molecule has 0 aromatic heterocycles. The van der Waals surface area contributed by atoms with Crippen molar-refractivity contribution in [2.45, 2.75) is 18.3 Å². The molecule has 0 unspecified atom stereocenters. The molecule has 0 aliphatic heterocycles. The number of aliphatic hydroxyl groups excluding tert-OH is 1. The van der Waals surface area contributed by atoms with E-state index in [0.717, 1.165) is 12.8 Å². The first kappa shape index (κ1) is 13.6. The van der Waals surface area contributed by atoms with E-state index < -0.39 is 23.1 Å². The van der Waals surface area contributed by atoms with Crippen LogP contribution in [0.1, 0.15) is 24.0 Å². The predicted molar refractivity (Wildman–Crippen MR) is 75.5 cm³/mol. The lowest BCUT2D eigenvalue weighted by atomic mass is 9.95. The average Bonchev–Trinajstić information content (AvgIpc) is 3.28. The molecule has 2 aliphatic rings. The number of hydrogen-bond donors (Lipinski definition) is 4. The van der Waals surface area contributed by atoms with E-state index in [-0.39, 0.29) is 16.7 Å². The fraction of sp³-hybridized carbons (Fsp3) is 0.333. The van der Waals surface area contributed by atoms with E-state index in [9.17, 15) is 9.18 Å². The van der Waals surface area contributed by atoms with Crippen LogP contribution >= 0.6 is 0 Å². The van der Waals surface area contributed by atoms with Crippen LogP contribution in [0.4, 0.5) is 10.1 Å². The molecule has 0 saturated heterocycles. The summed E-state index contributed by atoms with van der Waals surface area (Å²) in [7, 11) is 1.52. The Morgan fingerprint density at radius 3 is 2.57 bits per heavy atom. The van der Waals surface area contributed by atoms with Crippen molar-refractivity contribution in [1.82, 2.24) is 0 Å². The van der Waals surface area contributed by atoms with Crippen molar-refractivity contribution < 1.29 is 19.4 Å². The number of fused-ring (bicyclic) bond motifs is 1. The third-order valence-electron chi connectivity index (χ3n) is 4.51. The second-order valence-corrected chi connectivity index (χ2v) is 5.58. The maximum atomic E-state index is 14.6. The van der Waals surface area contributed by atoms with Crippen molar-refractivity contribution in [2.24, 2.45) is 5.92 Å². The Balaban J connectivity index is 2.05. The smallest absolute Gasteiger partial charge is 0.341 e. The number of nitrogens with one attached hydrogen (secondary N) is 2. The molecule has 6 heteroatoms. The highest BCUT2D eigenvalue weighted by molar-refractivity contribution is 6.26. The maximum Gasteiger partial charge on any atom is 0.341 e. The molecule has 0 bridgehead atoms. The number of benzene rings is 1. The van der Waals surface area contributed by atoms with Crippen molar-refractivity contribution in [2.75, 3.05) is 12.4 Å². The summed E-state index contributed by atoms with van der Waals surface area (Å²) in [6.07, 6.45) is 2.36. The van der Waals surface area contributed by atoms with Crippen molar-refractivity contribution in [1.29, 1.82) is 5.41 Å². The number of carboxylic acids is 1. The van der Waals surface area contributed by atoms with E-state index in [2.05, 4.69) is 5.32 Å². The van der Waals surface area contributed by atoms with Crippen LogP contribution in [0.2, 0.25) is 0 Å². The molecule has 5 nitrogen and oxygen atoms in total. The Kier molecular flexibility index (Phi) is 2.79. The molecule has 0 heterocycles. The molecule has 2 saturated carbocycles. The van der Waals surface area contributed by atoms with Gasteiger partial charge in [-0.1, -0.05) is 12.1 Å². The molecule has 21 heavy (non-hydrogen) atoms. The summed E-state index contributed by atoms with van der Waals surface area (Å²) < 4.78 is 14.6. The van der Waals surface area contributed by atoms with Gasteiger partial charge < -0.3 is 15.5 Å². The summed E-state index contributed by atoms with van der Waals surface area (Å²) in [5, 5.41) is 28.5. The van der Waals surface area contributed by atoms with Gasteiger partial charge in [-0.3, -0.25) is 5.41 Å². The summed E-state index contributed by atoms with van der Waals surface area (Å²) in [5.41, 5.74) is -0.161. The average molecular weight is 290 g/mol. The van der Waals surface area contributed by atoms with Crippen LogP contribution < -0.4 is 5.32 Å². The molecule has 2 aliphatic carbocycles. The number of aliphatic hydroxyl groups is 1. The Hall–Kier alpha value is -2.37. The number of halogens is 1. The van der Waals surface area contributed by atoms with E-state index in [1.54, 1.807) is 12.1 Å². The van der Waals surface area contributed by atoms with Gasteiger partial charge in [0.25, 0.3) is 0 Å². The minimum absolute atomic E-state index is 0.0150. The molecule has 1 aromatic rings. The van der Waals surface area contributed by atoms with Crippen LogP contribution in [0, 0.1) is 17.1 Å². The molecule has 1 aromatic carbocycles. The van der Waals surface area contributed by atoms with Crippen molar-refractivity contribution in [3.63, 3.8) is 0 Å². The molecular weight excluding hydrogens is 275 g/mol. The van der Waals surface area contributed by atoms with E-state index >= 15 is 0 Å². The van der Waals surface area contributed by atoms with Crippen LogP contribution in [0.25, 0.3) is 0 Å². The van der Waals surface area contributed by atoms with Crippen LogP contribution in [-0.4, -0.2) is 28.9 Å². The second-order valence-electron chi connectivity index (χ2n) is 5.58. The fourth-order valence-electron chi connectivity index (χ4n) is 2.93. The summed E-state index contributed by atoms with van der Waals surface area (Å²) in [4.78, 5) is 11.0. The third kappa shape index (κ3) is 1.82. The normalized spacial score (nSPS) is 26.0. The topological polar surface area (TPSA) is 93.4 Å². The van der Waals surface area contributed by atoms with Gasteiger partial charge in [0.05, 0.1) is 17.7 Å². The third-order valence-corrected chi connectivity index (χ3v) is 4.51. The Morgan fingerprint density at radius 2 is 2.14 bits per heavy atom. The van der Waals surface area contributed by atoms with Gasteiger partial charge in [-0.2, -0.15) is 0 Å². The SMILES string of the molecule is CNc1c(C(=N)/C(=C/O)C(=O)O)ccc(C23CC2C3)c1F. The molecule has 0 amide bonds. The predicted octanol–water partition coefficient (Wildman–Crippen LogP) is 2.42. The zero-order chi connectivity index (χ0) is 15.4. The molecule has 0 atom stereocenters. The van der Waals surface area contributed by atoms with Gasteiger partial charge in [0.2, 0.25) is 0 Å². The first-order valence-corrected chi connectivity index (χ1v) is 6.64. The quantitative estimate of drug-likeness (QED) is 0.380. The summed E-state index contributed by atoms with van der Waals surface area (Å²) in [6, 6.07) is 3.17. The minimum atomic E-state index is -1.43. The Morgan fingerprint density at radius 1 is 1.52 bits per heavy atom. The standard InChI is InChI=1S/C15H15FN2O3/c1-18-13-8(12(17)9(6-19)14(20)21)2-3-10(11(13)16)15-4-7(15)5-15/h2-3,6-7,17-19H,4-5H2,1H3,(H,20,21)/b9-6-,17-12?. The van der Waals surface area contributed by atoms with Gasteiger partial charge in [0.15, 0.2) is 5.82 Å². The van der Waals surface area contributed by atoms with Gasteiger partial charge >= 0.3 is 5.97 Å². The fourth-order valence-corrected chi connectivity index (χ4v) is 2.93. The number of hydrogen-bond acceptors (Lipinski definition) is 4. The second kappa shape index (κ2) is 4.31. The van der Waals surface area contributed by atoms with Crippen LogP contribution in [0.5, 0.6) is 0 Å². The maximum absolute atomic E-state index is 14.6. The van der Waals surface area contributed by atoms with E-state index in [1.165, 1.54) is 7.05 Å². The van der Waals surface area contributed by atoms with Crippen molar-refractivity contribution >= 4 is 17.4 Å². The summed E-state index contributed by atoms with van der Waals surface area (Å²) in [6.45, 7) is 0. The lowest BCUT2D eigenvalue weighted by Crippen LogP contribution is -2.16. The lowest BCUT2D eigenvalue weighted by molar-refractivity contribution is -0.132. The molecule has 4 N–H and O–H groups in total. The highest BCUT2D eigenvalue weighted by Gasteiger charge is 2.71. The van der Waals surface area contributed by atoms with Crippen molar-refractivity contribution in [3.05, 3.63) is 40.9 Å². The van der Waals surface area contributed by atoms with Crippen LogP contribution in [0.3, 0.4) is 0 Å². The first-order chi connectivity index (χ1) is 9.96.